The second-order valence-corrected chi connectivity index (χ2v) is 5.13. The van der Waals surface area contributed by atoms with Gasteiger partial charge in [0.25, 0.3) is 0 Å². The Balaban J connectivity index is 2.97. The number of hydrogen-bond donors (Lipinski definition) is 1. The van der Waals surface area contributed by atoms with Crippen LogP contribution in [0, 0.1) is 0 Å². The molecule has 0 atom stereocenters. The van der Waals surface area contributed by atoms with E-state index >= 15 is 0 Å². The second kappa shape index (κ2) is 6.45. The number of nitrogens with two attached hydrogens (primary N) is 1. The molecule has 2 N–H and O–H groups in total. The van der Waals surface area contributed by atoms with E-state index in [-0.39, 0.29) is 5.60 Å². The third kappa shape index (κ3) is 4.80. The highest BCUT2D eigenvalue weighted by atomic mass is 16.5. The van der Waals surface area contributed by atoms with Gasteiger partial charge in [0.15, 0.2) is 11.5 Å². The van der Waals surface area contributed by atoms with Crippen LogP contribution in [0.3, 0.4) is 0 Å². The van der Waals surface area contributed by atoms with E-state index in [0.29, 0.717) is 13.2 Å². The molecule has 0 aliphatic heterocycles. The van der Waals surface area contributed by atoms with Crippen molar-refractivity contribution < 1.29 is 9.47 Å². The van der Waals surface area contributed by atoms with Crippen molar-refractivity contribution >= 4 is 0 Å². The Morgan fingerprint density at radius 3 is 2.56 bits per heavy atom. The van der Waals surface area contributed by atoms with E-state index in [1.807, 2.05) is 45.0 Å². The SMILES string of the molecule is C=CCc1ccc(OCCN)c(OC(C)(C)C)c1. The maximum atomic E-state index is 5.92. The fourth-order valence-corrected chi connectivity index (χ4v) is 1.54. The highest BCUT2D eigenvalue weighted by Crippen LogP contribution is 2.31. The van der Waals surface area contributed by atoms with Gasteiger partial charge in [-0.25, -0.2) is 0 Å². The van der Waals surface area contributed by atoms with Crippen molar-refractivity contribution in [3.63, 3.8) is 0 Å². The molecule has 0 aromatic heterocycles. The maximum absolute atomic E-state index is 5.92. The van der Waals surface area contributed by atoms with E-state index in [2.05, 4.69) is 6.58 Å². The summed E-state index contributed by atoms with van der Waals surface area (Å²) in [6, 6.07) is 5.94. The minimum Gasteiger partial charge on any atom is -0.488 e. The molecule has 0 aliphatic carbocycles. The molecular formula is C15H23NO2. The van der Waals surface area contributed by atoms with Gasteiger partial charge in [-0.3, -0.25) is 0 Å². The zero-order valence-corrected chi connectivity index (χ0v) is 11.5. The number of allylic oxidation sites excluding steroid dienone is 1. The molecule has 1 aromatic carbocycles. The predicted octanol–water partition coefficient (Wildman–Crippen LogP) is 2.93. The molecule has 0 saturated carbocycles. The normalized spacial score (nSPS) is 11.1. The summed E-state index contributed by atoms with van der Waals surface area (Å²) in [6.07, 6.45) is 2.69. The topological polar surface area (TPSA) is 44.5 Å². The number of hydrogen-bond acceptors (Lipinski definition) is 3. The summed E-state index contributed by atoms with van der Waals surface area (Å²) in [5.41, 5.74) is 6.35. The van der Waals surface area contributed by atoms with Crippen molar-refractivity contribution in [3.05, 3.63) is 36.4 Å². The summed E-state index contributed by atoms with van der Waals surface area (Å²) in [7, 11) is 0. The van der Waals surface area contributed by atoms with Crippen molar-refractivity contribution in [2.45, 2.75) is 32.8 Å². The second-order valence-electron chi connectivity index (χ2n) is 5.13. The summed E-state index contributed by atoms with van der Waals surface area (Å²) in [5.74, 6) is 1.50. The highest BCUT2D eigenvalue weighted by Gasteiger charge is 2.15. The van der Waals surface area contributed by atoms with Gasteiger partial charge >= 0.3 is 0 Å². The Labute approximate surface area is 110 Å². The highest BCUT2D eigenvalue weighted by molar-refractivity contribution is 5.43. The zero-order valence-electron chi connectivity index (χ0n) is 11.5. The average Bonchev–Trinajstić information content (AvgIpc) is 2.26. The number of ether oxygens (including phenoxy) is 2. The first kappa shape index (κ1) is 14.6. The minimum absolute atomic E-state index is 0.256. The molecule has 0 radical (unpaired) electrons. The molecule has 1 aromatic rings. The van der Waals surface area contributed by atoms with E-state index in [1.54, 1.807) is 0 Å². The van der Waals surface area contributed by atoms with E-state index in [9.17, 15) is 0 Å². The zero-order chi connectivity index (χ0) is 13.6. The van der Waals surface area contributed by atoms with Gasteiger partial charge in [0.2, 0.25) is 0 Å². The molecule has 18 heavy (non-hydrogen) atoms. The Morgan fingerprint density at radius 2 is 2.00 bits per heavy atom. The van der Waals surface area contributed by atoms with E-state index < -0.39 is 0 Å². The predicted molar refractivity (Wildman–Crippen MR) is 75.3 cm³/mol. The average molecular weight is 249 g/mol. The fraction of sp³-hybridized carbons (Fsp3) is 0.467. The smallest absolute Gasteiger partial charge is 0.162 e. The first-order chi connectivity index (χ1) is 8.46. The molecular weight excluding hydrogens is 226 g/mol. The fourth-order valence-electron chi connectivity index (χ4n) is 1.54. The maximum Gasteiger partial charge on any atom is 0.162 e. The molecule has 0 aliphatic rings. The first-order valence-electron chi connectivity index (χ1n) is 6.22. The molecule has 3 heteroatoms. The Hall–Kier alpha value is -1.48. The van der Waals surface area contributed by atoms with Gasteiger partial charge in [-0.15, -0.1) is 6.58 Å². The summed E-state index contributed by atoms with van der Waals surface area (Å²) in [5, 5.41) is 0. The molecule has 0 unspecified atom stereocenters. The van der Waals surface area contributed by atoms with Gasteiger partial charge < -0.3 is 15.2 Å². The lowest BCUT2D eigenvalue weighted by Gasteiger charge is -2.23. The van der Waals surface area contributed by atoms with Crippen LogP contribution in [0.4, 0.5) is 0 Å². The third-order valence-corrected chi connectivity index (χ3v) is 2.18. The van der Waals surface area contributed by atoms with Crippen molar-refractivity contribution in [3.8, 4) is 11.5 Å². The lowest BCUT2D eigenvalue weighted by molar-refractivity contribution is 0.123. The number of benzene rings is 1. The molecule has 0 amide bonds. The lowest BCUT2D eigenvalue weighted by Crippen LogP contribution is -2.23. The molecule has 1 rings (SSSR count). The summed E-state index contributed by atoms with van der Waals surface area (Å²) in [6.45, 7) is 10.8. The van der Waals surface area contributed by atoms with Crippen LogP contribution in [0.25, 0.3) is 0 Å². The molecule has 100 valence electrons. The van der Waals surface area contributed by atoms with Crippen LogP contribution in [-0.4, -0.2) is 18.8 Å². The van der Waals surface area contributed by atoms with Crippen molar-refractivity contribution in [1.29, 1.82) is 0 Å². The Bertz CT molecular complexity index is 394. The van der Waals surface area contributed by atoms with Crippen LogP contribution in [-0.2, 0) is 6.42 Å². The molecule has 0 heterocycles. The van der Waals surface area contributed by atoms with E-state index in [1.165, 1.54) is 0 Å². The lowest BCUT2D eigenvalue weighted by atomic mass is 10.1. The van der Waals surface area contributed by atoms with Crippen molar-refractivity contribution in [1.82, 2.24) is 0 Å². The van der Waals surface area contributed by atoms with Gasteiger partial charge in [0.05, 0.1) is 0 Å². The van der Waals surface area contributed by atoms with Crippen LogP contribution in [0.2, 0.25) is 0 Å². The molecule has 0 fully saturated rings. The molecule has 3 nitrogen and oxygen atoms in total. The van der Waals surface area contributed by atoms with Gasteiger partial charge in [0.1, 0.15) is 12.2 Å². The van der Waals surface area contributed by atoms with Gasteiger partial charge in [-0.1, -0.05) is 12.1 Å². The van der Waals surface area contributed by atoms with Crippen molar-refractivity contribution in [2.75, 3.05) is 13.2 Å². The van der Waals surface area contributed by atoms with Crippen LogP contribution < -0.4 is 15.2 Å². The third-order valence-electron chi connectivity index (χ3n) is 2.18. The van der Waals surface area contributed by atoms with Crippen LogP contribution in [0.15, 0.2) is 30.9 Å². The monoisotopic (exact) mass is 249 g/mol. The summed E-state index contributed by atoms with van der Waals surface area (Å²) in [4.78, 5) is 0. The Morgan fingerprint density at radius 1 is 1.28 bits per heavy atom. The van der Waals surface area contributed by atoms with Crippen LogP contribution in [0.5, 0.6) is 11.5 Å². The molecule has 0 saturated heterocycles. The van der Waals surface area contributed by atoms with Crippen LogP contribution in [0.1, 0.15) is 26.3 Å². The van der Waals surface area contributed by atoms with E-state index in [0.717, 1.165) is 23.5 Å². The van der Waals surface area contributed by atoms with Gasteiger partial charge in [-0.05, 0) is 44.9 Å². The number of rotatable bonds is 6. The quantitative estimate of drug-likeness (QED) is 0.788. The minimum atomic E-state index is -0.256. The summed E-state index contributed by atoms with van der Waals surface area (Å²) >= 11 is 0. The van der Waals surface area contributed by atoms with Crippen molar-refractivity contribution in [2.24, 2.45) is 5.73 Å². The van der Waals surface area contributed by atoms with E-state index in [4.69, 9.17) is 15.2 Å². The summed E-state index contributed by atoms with van der Waals surface area (Å²) < 4.78 is 11.5. The standard InChI is InChI=1S/C15H23NO2/c1-5-6-12-7-8-13(17-10-9-16)14(11-12)18-15(2,3)4/h5,7-8,11H,1,6,9-10,16H2,2-4H3. The largest absolute Gasteiger partial charge is 0.488 e. The Kier molecular flexibility index (Phi) is 5.23. The van der Waals surface area contributed by atoms with Gasteiger partial charge in [-0.2, -0.15) is 0 Å². The molecule has 0 bridgehead atoms. The molecule has 0 spiro atoms. The van der Waals surface area contributed by atoms with Crippen LogP contribution >= 0.6 is 0 Å². The van der Waals surface area contributed by atoms with Gasteiger partial charge in [0, 0.05) is 6.54 Å². The first-order valence-corrected chi connectivity index (χ1v) is 6.22.